The molecule has 0 rings (SSSR count). The molecule has 1 N–H and O–H groups in total. The van der Waals surface area contributed by atoms with E-state index in [0.29, 0.717) is 18.6 Å². The third-order valence-corrected chi connectivity index (χ3v) is 4.14. The molecule has 0 fully saturated rings. The number of esters is 1. The molecule has 0 aliphatic rings. The molecule has 0 amide bonds. The normalized spacial score (nSPS) is 16.2. The number of likely N-dealkylation sites (N-methyl/N-ethyl adjacent to an activating group) is 1. The lowest BCUT2D eigenvalue weighted by Gasteiger charge is -2.31. The maximum atomic E-state index is 12.1. The molecule has 0 aromatic carbocycles. The van der Waals surface area contributed by atoms with E-state index in [0.717, 1.165) is 25.9 Å². The zero-order valence-corrected chi connectivity index (χ0v) is 14.5. The summed E-state index contributed by atoms with van der Waals surface area (Å²) in [7, 11) is 2.15. The van der Waals surface area contributed by atoms with Gasteiger partial charge in [-0.3, -0.25) is 4.79 Å². The predicted molar refractivity (Wildman–Crippen MR) is 84.9 cm³/mol. The van der Waals surface area contributed by atoms with Crippen LogP contribution in [0.3, 0.4) is 0 Å². The van der Waals surface area contributed by atoms with Crippen LogP contribution in [0.2, 0.25) is 0 Å². The summed E-state index contributed by atoms with van der Waals surface area (Å²) in [6.07, 6.45) is 1.78. The van der Waals surface area contributed by atoms with Crippen LogP contribution >= 0.6 is 0 Å². The van der Waals surface area contributed by atoms with Crippen LogP contribution in [0.25, 0.3) is 0 Å². The number of ether oxygens (including phenoxy) is 1. The summed E-state index contributed by atoms with van der Waals surface area (Å²) >= 11 is 0. The first-order valence-corrected chi connectivity index (χ1v) is 7.91. The van der Waals surface area contributed by atoms with Crippen LogP contribution in [0.1, 0.15) is 54.4 Å². The third kappa shape index (κ3) is 6.23. The molecule has 0 radical (unpaired) electrons. The highest BCUT2D eigenvalue weighted by atomic mass is 16.5. The molecule has 120 valence electrons. The van der Waals surface area contributed by atoms with Gasteiger partial charge in [0.15, 0.2) is 0 Å². The van der Waals surface area contributed by atoms with Crippen molar-refractivity contribution >= 4 is 5.97 Å². The van der Waals surface area contributed by atoms with Crippen LogP contribution < -0.4 is 5.32 Å². The van der Waals surface area contributed by atoms with Gasteiger partial charge in [0.2, 0.25) is 0 Å². The van der Waals surface area contributed by atoms with Gasteiger partial charge in [-0.1, -0.05) is 20.8 Å². The smallest absolute Gasteiger partial charge is 0.326 e. The molecule has 0 aliphatic heterocycles. The fourth-order valence-electron chi connectivity index (χ4n) is 2.34. The molecule has 2 unspecified atom stereocenters. The molecule has 0 aliphatic carbocycles. The quantitative estimate of drug-likeness (QED) is 0.627. The van der Waals surface area contributed by atoms with Gasteiger partial charge in [-0.25, -0.2) is 0 Å². The third-order valence-electron chi connectivity index (χ3n) is 4.14. The Morgan fingerprint density at radius 2 is 1.90 bits per heavy atom. The van der Waals surface area contributed by atoms with E-state index in [-0.39, 0.29) is 5.97 Å². The van der Waals surface area contributed by atoms with Crippen molar-refractivity contribution < 1.29 is 9.53 Å². The van der Waals surface area contributed by atoms with Crippen molar-refractivity contribution in [2.45, 2.75) is 66.0 Å². The van der Waals surface area contributed by atoms with E-state index in [1.165, 1.54) is 0 Å². The maximum absolute atomic E-state index is 12.1. The van der Waals surface area contributed by atoms with E-state index in [1.807, 2.05) is 20.8 Å². The Kier molecular flexibility index (Phi) is 9.06. The van der Waals surface area contributed by atoms with Crippen molar-refractivity contribution in [2.24, 2.45) is 5.92 Å². The minimum atomic E-state index is -0.563. The highest BCUT2D eigenvalue weighted by Crippen LogP contribution is 2.16. The Bertz CT molecular complexity index is 282. The number of hydrogen-bond acceptors (Lipinski definition) is 4. The van der Waals surface area contributed by atoms with E-state index >= 15 is 0 Å². The van der Waals surface area contributed by atoms with Gasteiger partial charge in [0.25, 0.3) is 0 Å². The lowest BCUT2D eigenvalue weighted by Crippen LogP contribution is -2.50. The van der Waals surface area contributed by atoms with E-state index in [2.05, 4.69) is 38.0 Å². The Morgan fingerprint density at radius 1 is 1.30 bits per heavy atom. The van der Waals surface area contributed by atoms with E-state index in [1.54, 1.807) is 0 Å². The molecule has 0 spiro atoms. The van der Waals surface area contributed by atoms with Crippen LogP contribution in [0.4, 0.5) is 0 Å². The SMILES string of the molecule is CCNC(C)(CCCN(C)C(C)C(C)C)C(=O)OCC. The first-order chi connectivity index (χ1) is 9.28. The fraction of sp³-hybridized carbons (Fsp3) is 0.938. The van der Waals surface area contributed by atoms with Crippen LogP contribution in [-0.4, -0.2) is 49.2 Å². The van der Waals surface area contributed by atoms with Gasteiger partial charge in [0.1, 0.15) is 5.54 Å². The summed E-state index contributed by atoms with van der Waals surface area (Å²) in [5.74, 6) is 0.506. The number of carbonyl (C=O) groups excluding carboxylic acids is 1. The van der Waals surface area contributed by atoms with Crippen molar-refractivity contribution in [3.05, 3.63) is 0 Å². The second kappa shape index (κ2) is 9.35. The molecule has 20 heavy (non-hydrogen) atoms. The van der Waals surface area contributed by atoms with E-state index in [9.17, 15) is 4.79 Å². The number of nitrogens with zero attached hydrogens (tertiary/aromatic N) is 1. The van der Waals surface area contributed by atoms with Crippen molar-refractivity contribution in [1.82, 2.24) is 10.2 Å². The largest absolute Gasteiger partial charge is 0.465 e. The van der Waals surface area contributed by atoms with Gasteiger partial charge in [0, 0.05) is 6.04 Å². The number of rotatable bonds is 10. The molecule has 4 heteroatoms. The maximum Gasteiger partial charge on any atom is 0.326 e. The van der Waals surface area contributed by atoms with Crippen LogP contribution in [0.5, 0.6) is 0 Å². The second-order valence-corrected chi connectivity index (χ2v) is 6.15. The minimum Gasteiger partial charge on any atom is -0.465 e. The van der Waals surface area contributed by atoms with Gasteiger partial charge in [-0.15, -0.1) is 0 Å². The molecular formula is C16H34N2O2. The predicted octanol–water partition coefficient (Wildman–Crippen LogP) is 2.67. The highest BCUT2D eigenvalue weighted by molar-refractivity contribution is 5.80. The first kappa shape index (κ1) is 19.4. The zero-order valence-electron chi connectivity index (χ0n) is 14.5. The minimum absolute atomic E-state index is 0.138. The Hall–Kier alpha value is -0.610. The number of hydrogen-bond donors (Lipinski definition) is 1. The summed E-state index contributed by atoms with van der Waals surface area (Å²) in [5, 5.41) is 3.28. The van der Waals surface area contributed by atoms with Crippen LogP contribution in [0, 0.1) is 5.92 Å². The van der Waals surface area contributed by atoms with Gasteiger partial charge >= 0.3 is 5.97 Å². The van der Waals surface area contributed by atoms with Crippen molar-refractivity contribution in [2.75, 3.05) is 26.7 Å². The molecule has 0 saturated heterocycles. The average molecular weight is 286 g/mol. The Balaban J connectivity index is 4.38. The summed E-state index contributed by atoms with van der Waals surface area (Å²) in [6, 6.07) is 0.558. The number of carbonyl (C=O) groups is 1. The summed E-state index contributed by atoms with van der Waals surface area (Å²) in [5.41, 5.74) is -0.563. The highest BCUT2D eigenvalue weighted by Gasteiger charge is 2.33. The average Bonchev–Trinajstić information content (AvgIpc) is 2.38. The molecule has 0 aromatic heterocycles. The molecule has 4 nitrogen and oxygen atoms in total. The fourth-order valence-corrected chi connectivity index (χ4v) is 2.34. The van der Waals surface area contributed by atoms with E-state index in [4.69, 9.17) is 4.74 Å². The molecule has 2 atom stereocenters. The van der Waals surface area contributed by atoms with Gasteiger partial charge in [0.05, 0.1) is 6.61 Å². The Labute approximate surface area is 125 Å². The molecule has 0 heterocycles. The summed E-state index contributed by atoms with van der Waals surface area (Å²) < 4.78 is 5.19. The van der Waals surface area contributed by atoms with Gasteiger partial charge < -0.3 is 15.0 Å². The Morgan fingerprint density at radius 3 is 2.35 bits per heavy atom. The van der Waals surface area contributed by atoms with Crippen LogP contribution in [-0.2, 0) is 9.53 Å². The monoisotopic (exact) mass is 286 g/mol. The molecule has 0 saturated carbocycles. The van der Waals surface area contributed by atoms with E-state index < -0.39 is 5.54 Å². The second-order valence-electron chi connectivity index (χ2n) is 6.15. The number of nitrogens with one attached hydrogen (secondary N) is 1. The standard InChI is InChI=1S/C16H34N2O2/c1-8-17-16(6,15(19)20-9-2)11-10-12-18(7)14(5)13(3)4/h13-14,17H,8-12H2,1-7H3. The van der Waals surface area contributed by atoms with Crippen LogP contribution in [0.15, 0.2) is 0 Å². The van der Waals surface area contributed by atoms with Gasteiger partial charge in [-0.05, 0) is 59.7 Å². The molecular weight excluding hydrogens is 252 g/mol. The topological polar surface area (TPSA) is 41.6 Å². The lowest BCUT2D eigenvalue weighted by molar-refractivity contribution is -0.150. The lowest BCUT2D eigenvalue weighted by atomic mass is 9.95. The van der Waals surface area contributed by atoms with Gasteiger partial charge in [-0.2, -0.15) is 0 Å². The van der Waals surface area contributed by atoms with Crippen molar-refractivity contribution in [3.8, 4) is 0 Å². The molecule has 0 bridgehead atoms. The van der Waals surface area contributed by atoms with Crippen molar-refractivity contribution in [3.63, 3.8) is 0 Å². The first-order valence-electron chi connectivity index (χ1n) is 7.91. The van der Waals surface area contributed by atoms with Crippen molar-refractivity contribution in [1.29, 1.82) is 0 Å². The summed E-state index contributed by atoms with van der Waals surface area (Å²) in [4.78, 5) is 14.4. The zero-order chi connectivity index (χ0) is 15.8. The summed E-state index contributed by atoms with van der Waals surface area (Å²) in [6.45, 7) is 14.7. The molecule has 0 aromatic rings.